The van der Waals surface area contributed by atoms with Crippen molar-refractivity contribution in [1.29, 1.82) is 0 Å². The van der Waals surface area contributed by atoms with Crippen molar-refractivity contribution in [3.63, 3.8) is 0 Å². The molecule has 12 heteroatoms. The molecule has 3 unspecified atom stereocenters. The molecule has 5 rings (SSSR count). The van der Waals surface area contributed by atoms with Crippen molar-refractivity contribution in [3.05, 3.63) is 42.5 Å². The summed E-state index contributed by atoms with van der Waals surface area (Å²) in [5.41, 5.74) is 9.17. The Morgan fingerprint density at radius 1 is 1.12 bits per heavy atom. The van der Waals surface area contributed by atoms with E-state index in [0.29, 0.717) is 30.1 Å². The third-order valence-electron chi connectivity index (χ3n) is 7.29. The highest BCUT2D eigenvalue weighted by atomic mass is 16.8. The Hall–Kier alpha value is -3.32. The van der Waals surface area contributed by atoms with Crippen LogP contribution in [0.25, 0.3) is 11.2 Å². The predicted molar refractivity (Wildman–Crippen MR) is 152 cm³/mol. The van der Waals surface area contributed by atoms with Gasteiger partial charge in [-0.2, -0.15) is 0 Å². The number of rotatable bonds is 8. The van der Waals surface area contributed by atoms with Crippen LogP contribution in [0.1, 0.15) is 52.8 Å². The molecule has 4 heterocycles. The summed E-state index contributed by atoms with van der Waals surface area (Å²) in [6, 6.07) is 7.74. The van der Waals surface area contributed by atoms with Crippen LogP contribution < -0.4 is 16.4 Å². The summed E-state index contributed by atoms with van der Waals surface area (Å²) in [6.07, 6.45) is 2.58. The number of nitrogens with zero attached hydrogens (tertiary/aromatic N) is 5. The van der Waals surface area contributed by atoms with Crippen LogP contribution in [-0.2, 0) is 19.6 Å². The molecule has 2 aliphatic rings. The fourth-order valence-corrected chi connectivity index (χ4v) is 5.26. The highest BCUT2D eigenvalue weighted by molar-refractivity contribution is 5.89. The lowest BCUT2D eigenvalue weighted by Gasteiger charge is -2.27. The number of anilines is 2. The van der Waals surface area contributed by atoms with Gasteiger partial charge in [0.15, 0.2) is 23.5 Å². The van der Waals surface area contributed by atoms with E-state index in [1.807, 2.05) is 49.7 Å². The minimum Gasteiger partial charge on any atom is -0.382 e. The minimum absolute atomic E-state index is 0.0721. The van der Waals surface area contributed by atoms with Crippen molar-refractivity contribution in [2.45, 2.75) is 76.8 Å². The average Bonchev–Trinajstić information content (AvgIpc) is 3.54. The normalized spacial score (nSPS) is 24.0. The van der Waals surface area contributed by atoms with Gasteiger partial charge in [0.2, 0.25) is 0 Å². The number of carbonyl (C=O) groups excluding carboxylic acids is 1. The lowest BCUT2D eigenvalue weighted by Crippen LogP contribution is -2.39. The Kier molecular flexibility index (Phi) is 7.71. The van der Waals surface area contributed by atoms with Gasteiger partial charge in [0, 0.05) is 18.8 Å². The monoisotopic (exact) mass is 552 g/mol. The molecule has 0 bridgehead atoms. The Labute approximate surface area is 234 Å². The Balaban J connectivity index is 1.12. The molecular weight excluding hydrogens is 512 g/mol. The lowest BCUT2D eigenvalue weighted by atomic mass is 9.87. The van der Waals surface area contributed by atoms with Gasteiger partial charge >= 0.3 is 6.03 Å². The maximum absolute atomic E-state index is 12.4. The molecule has 2 aliphatic heterocycles. The molecule has 2 aromatic heterocycles. The van der Waals surface area contributed by atoms with E-state index >= 15 is 0 Å². The third kappa shape index (κ3) is 6.04. The van der Waals surface area contributed by atoms with Crippen molar-refractivity contribution in [3.8, 4) is 0 Å². The van der Waals surface area contributed by atoms with Crippen LogP contribution in [-0.4, -0.2) is 81.2 Å². The highest BCUT2D eigenvalue weighted by Gasteiger charge is 2.56. The topological polar surface area (TPSA) is 142 Å². The third-order valence-corrected chi connectivity index (χ3v) is 7.29. The molecule has 2 amide bonds. The Morgan fingerprint density at radius 2 is 1.85 bits per heavy atom. The molecule has 12 nitrogen and oxygen atoms in total. The minimum atomic E-state index is -0.733. The van der Waals surface area contributed by atoms with Gasteiger partial charge in [0.1, 0.15) is 30.2 Å². The smallest absolute Gasteiger partial charge is 0.319 e. The average molecular weight is 553 g/mol. The summed E-state index contributed by atoms with van der Waals surface area (Å²) in [6.45, 7) is 12.3. The molecule has 0 saturated carbocycles. The summed E-state index contributed by atoms with van der Waals surface area (Å²) in [5, 5.41) is 5.83. The van der Waals surface area contributed by atoms with Crippen LogP contribution in [0.5, 0.6) is 0 Å². The molecule has 0 radical (unpaired) electrons. The number of carbonyl (C=O) groups is 1. The fourth-order valence-electron chi connectivity index (χ4n) is 5.26. The van der Waals surface area contributed by atoms with Gasteiger partial charge < -0.3 is 35.5 Å². The second-order valence-electron chi connectivity index (χ2n) is 12.0. The standard InChI is InChI=1S/C28H40N8O4/c1-27(2,3)17-8-10-18(11-9-17)34-26(37)30-12-7-13-35(6)14-19-21-22(40-28(4,5)39-21)25(38-19)36-16-33-20-23(29)31-15-32-24(20)36/h8-11,15-16,19,21-22,25H,7,12-14H2,1-6H3,(H2,29,31,32)(H2,30,34,37)/t19?,21-,22?,25?/m1/s1. The number of imidazole rings is 1. The Morgan fingerprint density at radius 3 is 2.58 bits per heavy atom. The second kappa shape index (κ2) is 10.9. The second-order valence-corrected chi connectivity index (χ2v) is 12.0. The number of hydrogen-bond donors (Lipinski definition) is 3. The molecule has 4 N–H and O–H groups in total. The van der Waals surface area contributed by atoms with Crippen LogP contribution in [0, 0.1) is 0 Å². The van der Waals surface area contributed by atoms with Crippen LogP contribution in [0.3, 0.4) is 0 Å². The number of nitrogens with two attached hydrogens (primary N) is 1. The Bertz CT molecular complexity index is 1340. The first kappa shape index (κ1) is 28.2. The molecule has 3 aromatic rings. The van der Waals surface area contributed by atoms with Crippen molar-refractivity contribution >= 4 is 28.7 Å². The molecule has 0 spiro atoms. The van der Waals surface area contributed by atoms with Crippen LogP contribution in [0.2, 0.25) is 0 Å². The molecule has 216 valence electrons. The van der Waals surface area contributed by atoms with Gasteiger partial charge in [-0.1, -0.05) is 32.9 Å². The highest BCUT2D eigenvalue weighted by Crippen LogP contribution is 2.44. The van der Waals surface area contributed by atoms with Crippen molar-refractivity contribution in [2.75, 3.05) is 37.7 Å². The lowest BCUT2D eigenvalue weighted by molar-refractivity contribution is -0.197. The number of urea groups is 1. The van der Waals surface area contributed by atoms with E-state index in [4.69, 9.17) is 19.9 Å². The number of aromatic nitrogens is 4. The van der Waals surface area contributed by atoms with Crippen molar-refractivity contribution in [2.24, 2.45) is 0 Å². The molecule has 1 aromatic carbocycles. The molecule has 4 atom stereocenters. The number of fused-ring (bicyclic) bond motifs is 2. The summed E-state index contributed by atoms with van der Waals surface area (Å²) >= 11 is 0. The first-order valence-electron chi connectivity index (χ1n) is 13.7. The van der Waals surface area contributed by atoms with E-state index in [1.54, 1.807) is 6.33 Å². The molecule has 2 fully saturated rings. The predicted octanol–water partition coefficient (Wildman–Crippen LogP) is 3.27. The zero-order valence-electron chi connectivity index (χ0n) is 24.0. The largest absolute Gasteiger partial charge is 0.382 e. The summed E-state index contributed by atoms with van der Waals surface area (Å²) in [7, 11) is 2.03. The quantitative estimate of drug-likeness (QED) is 0.359. The molecule has 0 aliphatic carbocycles. The van der Waals surface area contributed by atoms with E-state index in [2.05, 4.69) is 51.3 Å². The van der Waals surface area contributed by atoms with Gasteiger partial charge in [0.25, 0.3) is 0 Å². The van der Waals surface area contributed by atoms with Gasteiger partial charge in [-0.15, -0.1) is 0 Å². The van der Waals surface area contributed by atoms with Crippen molar-refractivity contribution < 1.29 is 19.0 Å². The number of nitrogen functional groups attached to an aromatic ring is 1. The van der Waals surface area contributed by atoms with E-state index in [0.717, 1.165) is 18.7 Å². The first-order valence-corrected chi connectivity index (χ1v) is 13.7. The number of likely N-dealkylation sites (N-methyl/N-ethyl adjacent to an activating group) is 1. The number of ether oxygens (including phenoxy) is 3. The number of nitrogens with one attached hydrogen (secondary N) is 2. The van der Waals surface area contributed by atoms with E-state index < -0.39 is 12.0 Å². The van der Waals surface area contributed by atoms with Gasteiger partial charge in [-0.05, 0) is 57.0 Å². The van der Waals surface area contributed by atoms with Gasteiger partial charge in [-0.3, -0.25) is 4.57 Å². The summed E-state index contributed by atoms with van der Waals surface area (Å²) in [5.74, 6) is -0.414. The number of hydrogen-bond acceptors (Lipinski definition) is 9. The zero-order chi connectivity index (χ0) is 28.7. The van der Waals surface area contributed by atoms with E-state index in [9.17, 15) is 4.79 Å². The molecule has 2 saturated heterocycles. The maximum Gasteiger partial charge on any atom is 0.319 e. The SMILES string of the molecule is CN(CCCNC(=O)Nc1ccc(C(C)(C)C)cc1)CC1OC(n2cnc3c(N)ncnc32)C2OC(C)(C)O[C@H]12. The number of benzene rings is 1. The zero-order valence-corrected chi connectivity index (χ0v) is 24.0. The van der Waals surface area contributed by atoms with Gasteiger partial charge in [-0.25, -0.2) is 19.7 Å². The summed E-state index contributed by atoms with van der Waals surface area (Å²) < 4.78 is 20.8. The summed E-state index contributed by atoms with van der Waals surface area (Å²) in [4.78, 5) is 27.3. The number of amides is 2. The molecular formula is C28H40N8O4. The van der Waals surface area contributed by atoms with Gasteiger partial charge in [0.05, 0.1) is 6.33 Å². The molecule has 40 heavy (non-hydrogen) atoms. The van der Waals surface area contributed by atoms with E-state index in [1.165, 1.54) is 11.9 Å². The van der Waals surface area contributed by atoms with Crippen LogP contribution in [0.15, 0.2) is 36.9 Å². The van der Waals surface area contributed by atoms with Crippen LogP contribution in [0.4, 0.5) is 16.3 Å². The maximum atomic E-state index is 12.4. The fraction of sp³-hybridized carbons (Fsp3) is 0.571. The van der Waals surface area contributed by atoms with Crippen molar-refractivity contribution in [1.82, 2.24) is 29.7 Å². The van der Waals surface area contributed by atoms with Crippen LogP contribution >= 0.6 is 0 Å². The first-order chi connectivity index (χ1) is 18.9. The van der Waals surface area contributed by atoms with E-state index in [-0.39, 0.29) is 29.8 Å².